The average molecular weight is 651 g/mol. The Bertz CT molecular complexity index is 953. The van der Waals surface area contributed by atoms with Crippen molar-refractivity contribution in [3.05, 3.63) is 58.7 Å². The van der Waals surface area contributed by atoms with Gasteiger partial charge in [-0.05, 0) is 124 Å². The van der Waals surface area contributed by atoms with Crippen LogP contribution in [0.1, 0.15) is 154 Å². The van der Waals surface area contributed by atoms with Crippen LogP contribution in [-0.2, 0) is 46.1 Å². The van der Waals surface area contributed by atoms with Crippen molar-refractivity contribution in [3.8, 4) is 0 Å². The third-order valence-corrected chi connectivity index (χ3v) is 7.97. The van der Waals surface area contributed by atoms with Gasteiger partial charge in [0.15, 0.2) is 0 Å². The second-order valence-electron chi connectivity index (χ2n) is 11.6. The molecule has 0 atom stereocenters. The first kappa shape index (κ1) is 37.5. The molecule has 0 radical (unpaired) electrons. The fourth-order valence-electron chi connectivity index (χ4n) is 5.32. The number of unbranched alkanes of at least 4 members (excludes halogenated alkanes) is 6. The Kier molecular flexibility index (Phi) is 21.0. The van der Waals surface area contributed by atoms with Gasteiger partial charge in [0.05, 0.1) is 22.8 Å². The first-order chi connectivity index (χ1) is 19.6. The van der Waals surface area contributed by atoms with Crippen LogP contribution in [0.4, 0.5) is 11.4 Å². The summed E-state index contributed by atoms with van der Waals surface area (Å²) in [6.45, 7) is 13.7. The minimum absolute atomic E-state index is 0. The molecule has 0 aromatic heterocycles. The minimum Gasteiger partial charge on any atom is -0.252 e. The van der Waals surface area contributed by atoms with Gasteiger partial charge in [0.2, 0.25) is 0 Å². The largest absolute Gasteiger partial charge is 0.252 e. The van der Waals surface area contributed by atoms with Gasteiger partial charge in [0, 0.05) is 20.4 Å². The van der Waals surface area contributed by atoms with Gasteiger partial charge >= 0.3 is 0 Å². The summed E-state index contributed by atoms with van der Waals surface area (Å²) in [5, 5.41) is 0. The molecular weight excluding hydrogens is 591 g/mol. The van der Waals surface area contributed by atoms with E-state index in [1.54, 1.807) is 0 Å². The first-order valence-corrected chi connectivity index (χ1v) is 17.0. The van der Waals surface area contributed by atoms with Gasteiger partial charge in [0.1, 0.15) is 0 Å². The van der Waals surface area contributed by atoms with Crippen molar-refractivity contribution in [2.45, 2.75) is 157 Å². The molecule has 0 aliphatic carbocycles. The maximum Gasteiger partial charge on any atom is 0.0636 e. The Labute approximate surface area is 268 Å². The summed E-state index contributed by atoms with van der Waals surface area (Å²) in [7, 11) is 0. The average Bonchev–Trinajstić information content (AvgIpc) is 2.98. The van der Waals surface area contributed by atoms with Crippen molar-refractivity contribution in [2.75, 3.05) is 0 Å². The van der Waals surface area contributed by atoms with E-state index in [-0.39, 0.29) is 20.4 Å². The molecule has 2 rings (SSSR count). The van der Waals surface area contributed by atoms with Gasteiger partial charge in [-0.1, -0.05) is 92.2 Å². The van der Waals surface area contributed by atoms with E-state index in [1.165, 1.54) is 111 Å². The van der Waals surface area contributed by atoms with Crippen LogP contribution in [0, 0.1) is 0 Å². The number of nitrogens with zero attached hydrogens (tertiary/aromatic N) is 2. The first-order valence-electron chi connectivity index (χ1n) is 17.0. The van der Waals surface area contributed by atoms with E-state index >= 15 is 0 Å². The zero-order chi connectivity index (χ0) is 29.0. The molecule has 0 spiro atoms. The minimum atomic E-state index is 0. The number of aliphatic imine (C=N–C) groups is 2. The van der Waals surface area contributed by atoms with Gasteiger partial charge in [-0.3, -0.25) is 9.98 Å². The third kappa shape index (κ3) is 14.0. The predicted molar refractivity (Wildman–Crippen MR) is 181 cm³/mol. The van der Waals surface area contributed by atoms with E-state index in [0.717, 1.165) is 49.9 Å². The summed E-state index contributed by atoms with van der Waals surface area (Å²) < 4.78 is 0. The number of hydrogen-bond donors (Lipinski definition) is 0. The monoisotopic (exact) mass is 650 g/mol. The van der Waals surface area contributed by atoms with E-state index in [4.69, 9.17) is 9.98 Å². The third-order valence-electron chi connectivity index (χ3n) is 7.97. The SMILES string of the molecule is CCCCC(=Nc1ccc(CCCC)c(CCCC)c1)C(CCCC)=Nc1ccc(CCCC)c(CCCC)c1.[Pd]. The molecule has 0 saturated carbocycles. The number of benzene rings is 2. The maximum atomic E-state index is 5.35. The normalized spacial score (nSPS) is 12.0. The van der Waals surface area contributed by atoms with Crippen molar-refractivity contribution in [3.63, 3.8) is 0 Å². The molecule has 2 aromatic rings. The fraction of sp³-hybridized carbons (Fsp3) is 0.632. The molecule has 0 unspecified atom stereocenters. The number of hydrogen-bond acceptors (Lipinski definition) is 2. The van der Waals surface area contributed by atoms with Crippen molar-refractivity contribution < 1.29 is 20.4 Å². The molecule has 0 aliphatic rings. The van der Waals surface area contributed by atoms with E-state index < -0.39 is 0 Å². The summed E-state index contributed by atoms with van der Waals surface area (Å²) in [5.41, 5.74) is 10.7. The molecule has 0 aliphatic heterocycles. The zero-order valence-electron chi connectivity index (χ0n) is 27.4. The van der Waals surface area contributed by atoms with Crippen LogP contribution in [-0.4, -0.2) is 11.4 Å². The van der Waals surface area contributed by atoms with Crippen LogP contribution in [0.15, 0.2) is 46.4 Å². The smallest absolute Gasteiger partial charge is 0.0636 e. The van der Waals surface area contributed by atoms with E-state index in [0.29, 0.717) is 0 Å². The second-order valence-corrected chi connectivity index (χ2v) is 11.6. The molecule has 0 bridgehead atoms. The molecule has 2 nitrogen and oxygen atoms in total. The van der Waals surface area contributed by atoms with E-state index in [1.807, 2.05) is 0 Å². The summed E-state index contributed by atoms with van der Waals surface area (Å²) in [6.07, 6.45) is 21.3. The fourth-order valence-corrected chi connectivity index (χ4v) is 5.32. The predicted octanol–water partition coefficient (Wildman–Crippen LogP) is 12.3. The molecule has 3 heteroatoms. The maximum absolute atomic E-state index is 5.35. The standard InChI is InChI=1S/C38H60N2.Pd/c1-7-13-19-31-25-27-35(29-33(31)21-15-9-3)39-37(23-17-11-5)38(24-18-12-6)40-36-28-26-32(20-14-8-2)34(30-36)22-16-10-4;/h25-30H,7-24H2,1-6H3;. The van der Waals surface area contributed by atoms with Gasteiger partial charge in [0.25, 0.3) is 0 Å². The molecule has 232 valence electrons. The zero-order valence-corrected chi connectivity index (χ0v) is 29.0. The summed E-state index contributed by atoms with van der Waals surface area (Å²) in [5.74, 6) is 0. The Balaban J connectivity index is 0.00000840. The number of aryl methyl sites for hydroxylation is 4. The molecule has 0 saturated heterocycles. The Hall–Kier alpha value is -1.56. The van der Waals surface area contributed by atoms with Crippen LogP contribution in [0.5, 0.6) is 0 Å². The van der Waals surface area contributed by atoms with Gasteiger partial charge < -0.3 is 0 Å². The summed E-state index contributed by atoms with van der Waals surface area (Å²) in [6, 6.07) is 14.0. The summed E-state index contributed by atoms with van der Waals surface area (Å²) >= 11 is 0. The van der Waals surface area contributed by atoms with Crippen LogP contribution >= 0.6 is 0 Å². The molecule has 41 heavy (non-hydrogen) atoms. The van der Waals surface area contributed by atoms with Crippen molar-refractivity contribution >= 4 is 22.8 Å². The molecule has 0 N–H and O–H groups in total. The van der Waals surface area contributed by atoms with E-state index in [2.05, 4.69) is 77.9 Å². The second kappa shape index (κ2) is 23.0. The van der Waals surface area contributed by atoms with Crippen molar-refractivity contribution in [1.82, 2.24) is 0 Å². The van der Waals surface area contributed by atoms with Crippen LogP contribution in [0.3, 0.4) is 0 Å². The Morgan fingerprint density at radius 3 is 1.07 bits per heavy atom. The topological polar surface area (TPSA) is 24.7 Å². The quantitative estimate of drug-likeness (QED) is 0.0948. The Morgan fingerprint density at radius 2 is 0.756 bits per heavy atom. The van der Waals surface area contributed by atoms with Crippen LogP contribution < -0.4 is 0 Å². The molecule has 0 heterocycles. The van der Waals surface area contributed by atoms with Gasteiger partial charge in [-0.2, -0.15) is 0 Å². The van der Waals surface area contributed by atoms with Gasteiger partial charge in [-0.25, -0.2) is 0 Å². The molecular formula is C38H60N2Pd. The molecule has 2 aromatic carbocycles. The number of rotatable bonds is 21. The van der Waals surface area contributed by atoms with Crippen LogP contribution in [0.25, 0.3) is 0 Å². The van der Waals surface area contributed by atoms with E-state index in [9.17, 15) is 0 Å². The Morgan fingerprint density at radius 1 is 0.439 bits per heavy atom. The van der Waals surface area contributed by atoms with Crippen LogP contribution in [0.2, 0.25) is 0 Å². The van der Waals surface area contributed by atoms with Crippen molar-refractivity contribution in [1.29, 1.82) is 0 Å². The summed E-state index contributed by atoms with van der Waals surface area (Å²) in [4.78, 5) is 10.7. The van der Waals surface area contributed by atoms with Crippen molar-refractivity contribution in [2.24, 2.45) is 9.98 Å². The van der Waals surface area contributed by atoms with Gasteiger partial charge in [-0.15, -0.1) is 0 Å². The molecule has 0 amide bonds. The molecule has 0 fully saturated rings.